The summed E-state index contributed by atoms with van der Waals surface area (Å²) in [6.45, 7) is 0.680. The molecular weight excluding hydrogens is 276 g/mol. The van der Waals surface area contributed by atoms with Crippen LogP contribution in [-0.2, 0) is 6.54 Å². The van der Waals surface area contributed by atoms with E-state index in [-0.39, 0.29) is 5.54 Å². The van der Waals surface area contributed by atoms with Crippen LogP contribution >= 0.6 is 0 Å². The van der Waals surface area contributed by atoms with Crippen molar-refractivity contribution in [3.63, 3.8) is 0 Å². The van der Waals surface area contributed by atoms with Crippen molar-refractivity contribution in [3.8, 4) is 0 Å². The van der Waals surface area contributed by atoms with Crippen molar-refractivity contribution in [2.75, 3.05) is 10.6 Å². The molecule has 0 amide bonds. The van der Waals surface area contributed by atoms with Crippen LogP contribution in [0.2, 0.25) is 0 Å². The number of rotatable bonds is 2. The fourth-order valence-corrected chi connectivity index (χ4v) is 3.39. The zero-order valence-electron chi connectivity index (χ0n) is 12.5. The molecule has 2 aliphatic rings. The summed E-state index contributed by atoms with van der Waals surface area (Å²) in [7, 11) is 0. The SMILES string of the molecule is c1ccc(CN=C2Nc3ncoc3NC23CCCCC3)cc1. The van der Waals surface area contributed by atoms with Crippen molar-refractivity contribution in [1.82, 2.24) is 4.98 Å². The van der Waals surface area contributed by atoms with Gasteiger partial charge in [0, 0.05) is 0 Å². The van der Waals surface area contributed by atoms with Crippen molar-refractivity contribution < 1.29 is 4.42 Å². The number of hydrogen-bond donors (Lipinski definition) is 2. The Morgan fingerprint density at radius 1 is 1.14 bits per heavy atom. The molecule has 2 aromatic rings. The van der Waals surface area contributed by atoms with E-state index in [1.807, 2.05) is 18.2 Å². The standard InChI is InChI=1S/C17H20N4O/c1-3-7-13(8-4-1)11-18-16-17(9-5-2-6-10-17)21-15-14(20-16)19-12-22-15/h1,3-4,7-8,12,21H,2,5-6,9-11H2,(H,18,20). The van der Waals surface area contributed by atoms with E-state index < -0.39 is 0 Å². The summed E-state index contributed by atoms with van der Waals surface area (Å²) < 4.78 is 5.45. The Balaban J connectivity index is 1.65. The van der Waals surface area contributed by atoms with E-state index >= 15 is 0 Å². The molecule has 1 aromatic heterocycles. The smallest absolute Gasteiger partial charge is 0.238 e. The first-order valence-corrected chi connectivity index (χ1v) is 7.93. The second-order valence-electron chi connectivity index (χ2n) is 6.07. The molecule has 1 aliphatic carbocycles. The molecule has 0 unspecified atom stereocenters. The molecule has 0 saturated heterocycles. The lowest BCUT2D eigenvalue weighted by atomic mass is 9.79. The van der Waals surface area contributed by atoms with Gasteiger partial charge < -0.3 is 15.1 Å². The maximum atomic E-state index is 5.45. The van der Waals surface area contributed by atoms with Crippen molar-refractivity contribution >= 4 is 17.5 Å². The first-order chi connectivity index (χ1) is 10.9. The highest BCUT2D eigenvalue weighted by Crippen LogP contribution is 2.39. The number of hydrogen-bond acceptors (Lipinski definition) is 4. The average Bonchev–Trinajstić information content (AvgIpc) is 3.01. The van der Waals surface area contributed by atoms with Gasteiger partial charge >= 0.3 is 0 Å². The highest BCUT2D eigenvalue weighted by atomic mass is 16.4. The number of benzene rings is 1. The van der Waals surface area contributed by atoms with Gasteiger partial charge in [-0.05, 0) is 18.4 Å². The van der Waals surface area contributed by atoms with Crippen LogP contribution in [-0.4, -0.2) is 16.4 Å². The van der Waals surface area contributed by atoms with Crippen molar-refractivity contribution in [2.45, 2.75) is 44.2 Å². The summed E-state index contributed by atoms with van der Waals surface area (Å²) in [6, 6.07) is 10.3. The summed E-state index contributed by atoms with van der Waals surface area (Å²) in [5.74, 6) is 2.47. The minimum absolute atomic E-state index is 0.125. The summed E-state index contributed by atoms with van der Waals surface area (Å²) >= 11 is 0. The molecule has 22 heavy (non-hydrogen) atoms. The lowest BCUT2D eigenvalue weighted by molar-refractivity contribution is 0.392. The molecule has 1 fully saturated rings. The van der Waals surface area contributed by atoms with Crippen molar-refractivity contribution in [1.29, 1.82) is 0 Å². The third kappa shape index (κ3) is 2.36. The van der Waals surface area contributed by atoms with Gasteiger partial charge in [-0.1, -0.05) is 49.6 Å². The van der Waals surface area contributed by atoms with Crippen LogP contribution in [0.1, 0.15) is 37.7 Å². The lowest BCUT2D eigenvalue weighted by Crippen LogP contribution is -2.53. The number of fused-ring (bicyclic) bond motifs is 1. The molecule has 0 bridgehead atoms. The fourth-order valence-electron chi connectivity index (χ4n) is 3.39. The number of anilines is 2. The number of nitrogens with zero attached hydrogens (tertiary/aromatic N) is 2. The highest BCUT2D eigenvalue weighted by molar-refractivity contribution is 6.07. The number of amidine groups is 1. The molecule has 2 N–H and O–H groups in total. The molecule has 1 saturated carbocycles. The van der Waals surface area contributed by atoms with E-state index in [2.05, 4.69) is 27.8 Å². The molecule has 1 aliphatic heterocycles. The summed E-state index contributed by atoms with van der Waals surface area (Å²) in [5.41, 5.74) is 1.09. The predicted molar refractivity (Wildman–Crippen MR) is 87.1 cm³/mol. The average molecular weight is 296 g/mol. The minimum atomic E-state index is -0.125. The third-order valence-electron chi connectivity index (χ3n) is 4.58. The fraction of sp³-hybridized carbons (Fsp3) is 0.412. The second-order valence-corrected chi connectivity index (χ2v) is 6.07. The number of nitrogens with one attached hydrogen (secondary N) is 2. The molecule has 0 radical (unpaired) electrons. The molecular formula is C17H20N4O. The Labute approximate surface area is 129 Å². The van der Waals surface area contributed by atoms with Crippen LogP contribution in [0.25, 0.3) is 0 Å². The maximum Gasteiger partial charge on any atom is 0.238 e. The van der Waals surface area contributed by atoms with E-state index in [4.69, 9.17) is 9.41 Å². The van der Waals surface area contributed by atoms with Crippen LogP contribution in [0, 0.1) is 0 Å². The topological polar surface area (TPSA) is 62.5 Å². The molecule has 1 spiro atoms. The molecule has 0 atom stereocenters. The largest absolute Gasteiger partial charge is 0.426 e. The molecule has 114 valence electrons. The van der Waals surface area contributed by atoms with Gasteiger partial charge in [0.25, 0.3) is 0 Å². The number of oxazole rings is 1. The van der Waals surface area contributed by atoms with E-state index in [1.165, 1.54) is 31.2 Å². The predicted octanol–water partition coefficient (Wildman–Crippen LogP) is 3.81. The van der Waals surface area contributed by atoms with E-state index in [0.29, 0.717) is 6.54 Å². The van der Waals surface area contributed by atoms with Gasteiger partial charge in [-0.25, -0.2) is 0 Å². The Morgan fingerprint density at radius 2 is 1.95 bits per heavy atom. The van der Waals surface area contributed by atoms with Crippen LogP contribution < -0.4 is 10.6 Å². The van der Waals surface area contributed by atoms with Crippen LogP contribution in [0.15, 0.2) is 46.1 Å². The van der Waals surface area contributed by atoms with Gasteiger partial charge in [-0.2, -0.15) is 4.98 Å². The normalized spacial score (nSPS) is 21.2. The minimum Gasteiger partial charge on any atom is -0.426 e. The molecule has 1 aromatic carbocycles. The van der Waals surface area contributed by atoms with E-state index in [0.717, 1.165) is 30.4 Å². The van der Waals surface area contributed by atoms with Gasteiger partial charge in [0.15, 0.2) is 12.2 Å². The molecule has 5 heteroatoms. The van der Waals surface area contributed by atoms with Gasteiger partial charge in [0.1, 0.15) is 5.84 Å². The zero-order chi connectivity index (χ0) is 14.8. The number of aromatic nitrogens is 1. The van der Waals surface area contributed by atoms with Crippen molar-refractivity contribution in [2.24, 2.45) is 4.99 Å². The Bertz CT molecular complexity index is 671. The first kappa shape index (κ1) is 13.4. The van der Waals surface area contributed by atoms with Crippen LogP contribution in [0.3, 0.4) is 0 Å². The molecule has 2 heterocycles. The van der Waals surface area contributed by atoms with Gasteiger partial charge in [-0.3, -0.25) is 4.99 Å². The Kier molecular flexibility index (Phi) is 3.33. The molecule has 4 rings (SSSR count). The summed E-state index contributed by atoms with van der Waals surface area (Å²) in [5, 5.41) is 6.95. The van der Waals surface area contributed by atoms with Crippen LogP contribution in [0.5, 0.6) is 0 Å². The number of aliphatic imine (C=N–C) groups is 1. The molecule has 5 nitrogen and oxygen atoms in total. The van der Waals surface area contributed by atoms with Gasteiger partial charge in [0.05, 0.1) is 12.1 Å². The lowest BCUT2D eigenvalue weighted by Gasteiger charge is -2.41. The summed E-state index contributed by atoms with van der Waals surface area (Å²) in [6.07, 6.45) is 7.34. The van der Waals surface area contributed by atoms with E-state index in [1.54, 1.807) is 0 Å². The Hall–Kier alpha value is -2.30. The van der Waals surface area contributed by atoms with Crippen LogP contribution in [0.4, 0.5) is 11.7 Å². The van der Waals surface area contributed by atoms with Crippen molar-refractivity contribution in [3.05, 3.63) is 42.3 Å². The maximum absolute atomic E-state index is 5.45. The van der Waals surface area contributed by atoms with Gasteiger partial charge in [0.2, 0.25) is 5.88 Å². The summed E-state index contributed by atoms with van der Waals surface area (Å²) in [4.78, 5) is 9.09. The first-order valence-electron chi connectivity index (χ1n) is 7.93. The quantitative estimate of drug-likeness (QED) is 0.884. The second kappa shape index (κ2) is 5.48. The monoisotopic (exact) mass is 296 g/mol. The Morgan fingerprint density at radius 3 is 2.77 bits per heavy atom. The zero-order valence-corrected chi connectivity index (χ0v) is 12.5. The van der Waals surface area contributed by atoms with E-state index in [9.17, 15) is 0 Å². The third-order valence-corrected chi connectivity index (χ3v) is 4.58. The highest BCUT2D eigenvalue weighted by Gasteiger charge is 2.42. The van der Waals surface area contributed by atoms with Gasteiger partial charge in [-0.15, -0.1) is 0 Å².